The molecule has 0 spiro atoms. The van der Waals surface area contributed by atoms with Gasteiger partial charge in [-0.15, -0.1) is 0 Å². The summed E-state index contributed by atoms with van der Waals surface area (Å²) in [4.78, 5) is 13.8. The highest BCUT2D eigenvalue weighted by Crippen LogP contribution is 1.94. The molecule has 0 aliphatic heterocycles. The molecule has 0 aromatic carbocycles. The summed E-state index contributed by atoms with van der Waals surface area (Å²) in [7, 11) is 0. The second-order valence-corrected chi connectivity index (χ2v) is 1.80. The molecule has 1 N–H and O–H groups in total. The van der Waals surface area contributed by atoms with Crippen LogP contribution in [0, 0.1) is 6.92 Å². The van der Waals surface area contributed by atoms with Crippen LogP contribution in [0.4, 0.5) is 0 Å². The molecule has 1 aromatic heterocycles. The topological polar surface area (TPSA) is 55.1 Å². The maximum absolute atomic E-state index is 10.2. The lowest BCUT2D eigenvalue weighted by molar-refractivity contribution is 0.0691. The highest BCUT2D eigenvalue weighted by atomic mass is 16.4. The van der Waals surface area contributed by atoms with Gasteiger partial charge in [-0.3, -0.25) is 0 Å². The molecule has 0 saturated carbocycles. The van der Waals surface area contributed by atoms with Crippen LogP contribution in [-0.4, -0.2) is 20.6 Å². The molecule has 10 heavy (non-hydrogen) atoms. The fraction of sp³-hybridized carbons (Fsp3) is 0.167. The minimum absolute atomic E-state index is 0.0589. The first-order valence-corrected chi connectivity index (χ1v) is 2.78. The van der Waals surface area contributed by atoms with Crippen molar-refractivity contribution in [3.8, 4) is 0 Å². The Kier molecular flexibility index (Phi) is 1.71. The standard InChI is InChI=1S/C6H7N2O2/c1-2-8-3-5(6(9)10)7-4-8/h3-4H,1-2H2,(H,9,10). The maximum Gasteiger partial charge on any atom is 0.356 e. The summed E-state index contributed by atoms with van der Waals surface area (Å²) >= 11 is 0. The van der Waals surface area contributed by atoms with Crippen molar-refractivity contribution >= 4 is 5.97 Å². The Balaban J connectivity index is 2.88. The van der Waals surface area contributed by atoms with Crippen molar-refractivity contribution in [3.63, 3.8) is 0 Å². The van der Waals surface area contributed by atoms with Crippen molar-refractivity contribution in [2.75, 3.05) is 0 Å². The smallest absolute Gasteiger partial charge is 0.356 e. The van der Waals surface area contributed by atoms with E-state index in [0.717, 1.165) is 0 Å². The van der Waals surface area contributed by atoms with Crippen molar-refractivity contribution in [2.24, 2.45) is 0 Å². The number of nitrogens with zero attached hydrogens (tertiary/aromatic N) is 2. The first-order valence-electron chi connectivity index (χ1n) is 2.78. The third-order valence-electron chi connectivity index (χ3n) is 1.11. The summed E-state index contributed by atoms with van der Waals surface area (Å²) < 4.78 is 1.60. The average molecular weight is 139 g/mol. The van der Waals surface area contributed by atoms with E-state index >= 15 is 0 Å². The lowest BCUT2D eigenvalue weighted by Gasteiger charge is -1.88. The lowest BCUT2D eigenvalue weighted by atomic mass is 10.5. The van der Waals surface area contributed by atoms with Gasteiger partial charge in [0.25, 0.3) is 0 Å². The van der Waals surface area contributed by atoms with Gasteiger partial charge in [-0.05, 0) is 6.92 Å². The molecular formula is C6H7N2O2. The van der Waals surface area contributed by atoms with Gasteiger partial charge >= 0.3 is 5.97 Å². The van der Waals surface area contributed by atoms with E-state index in [-0.39, 0.29) is 5.69 Å². The number of imidazole rings is 1. The number of carboxylic acid groups (broad SMARTS) is 1. The second kappa shape index (κ2) is 2.51. The van der Waals surface area contributed by atoms with Crippen LogP contribution in [0.2, 0.25) is 0 Å². The van der Waals surface area contributed by atoms with Crippen LogP contribution < -0.4 is 0 Å². The number of hydrogen-bond donors (Lipinski definition) is 1. The Morgan fingerprint density at radius 2 is 2.60 bits per heavy atom. The van der Waals surface area contributed by atoms with E-state index in [1.54, 1.807) is 4.57 Å². The van der Waals surface area contributed by atoms with Gasteiger partial charge in [-0.25, -0.2) is 9.78 Å². The van der Waals surface area contributed by atoms with Crippen molar-refractivity contribution in [1.29, 1.82) is 0 Å². The normalized spacial score (nSPS) is 9.70. The summed E-state index contributed by atoms with van der Waals surface area (Å²) in [5.41, 5.74) is 0.0589. The molecule has 0 aliphatic carbocycles. The van der Waals surface area contributed by atoms with Crippen LogP contribution in [0.5, 0.6) is 0 Å². The summed E-state index contributed by atoms with van der Waals surface area (Å²) in [5, 5.41) is 8.40. The SMILES string of the molecule is [CH2]Cn1cnc(C(=O)O)c1. The molecular weight excluding hydrogens is 132 g/mol. The minimum Gasteiger partial charge on any atom is -0.476 e. The van der Waals surface area contributed by atoms with E-state index < -0.39 is 5.97 Å². The molecule has 1 rings (SSSR count). The zero-order chi connectivity index (χ0) is 7.56. The van der Waals surface area contributed by atoms with Crippen molar-refractivity contribution in [2.45, 2.75) is 6.54 Å². The fourth-order valence-electron chi connectivity index (χ4n) is 0.593. The van der Waals surface area contributed by atoms with Crippen molar-refractivity contribution < 1.29 is 9.90 Å². The summed E-state index contributed by atoms with van der Waals surface area (Å²) in [6.45, 7) is 4.06. The van der Waals surface area contributed by atoms with E-state index in [4.69, 9.17) is 5.11 Å². The van der Waals surface area contributed by atoms with Gasteiger partial charge in [0.2, 0.25) is 0 Å². The molecule has 0 amide bonds. The Morgan fingerprint density at radius 1 is 1.90 bits per heavy atom. The molecule has 0 atom stereocenters. The first kappa shape index (κ1) is 6.80. The van der Waals surface area contributed by atoms with Crippen LogP contribution in [0.1, 0.15) is 10.5 Å². The number of aromatic carboxylic acids is 1. The lowest BCUT2D eigenvalue weighted by Crippen LogP contribution is -1.95. The van der Waals surface area contributed by atoms with E-state index in [2.05, 4.69) is 11.9 Å². The quantitative estimate of drug-likeness (QED) is 0.645. The molecule has 0 fully saturated rings. The van der Waals surface area contributed by atoms with E-state index in [1.165, 1.54) is 12.5 Å². The number of rotatable bonds is 2. The second-order valence-electron chi connectivity index (χ2n) is 1.80. The predicted molar refractivity (Wildman–Crippen MR) is 34.5 cm³/mol. The van der Waals surface area contributed by atoms with Gasteiger partial charge in [0, 0.05) is 12.7 Å². The Hall–Kier alpha value is -1.32. The van der Waals surface area contributed by atoms with Gasteiger partial charge in [-0.1, -0.05) is 0 Å². The van der Waals surface area contributed by atoms with Crippen LogP contribution >= 0.6 is 0 Å². The molecule has 0 aliphatic rings. The molecule has 1 aromatic rings. The van der Waals surface area contributed by atoms with E-state index in [9.17, 15) is 4.79 Å². The zero-order valence-electron chi connectivity index (χ0n) is 5.32. The van der Waals surface area contributed by atoms with Crippen LogP contribution in [-0.2, 0) is 6.54 Å². The van der Waals surface area contributed by atoms with Crippen LogP contribution in [0.25, 0.3) is 0 Å². The van der Waals surface area contributed by atoms with Crippen molar-refractivity contribution in [1.82, 2.24) is 9.55 Å². The Morgan fingerprint density at radius 3 is 2.90 bits per heavy atom. The molecule has 1 heterocycles. The maximum atomic E-state index is 10.2. The molecule has 53 valence electrons. The Labute approximate surface area is 58.1 Å². The third kappa shape index (κ3) is 1.15. The monoisotopic (exact) mass is 139 g/mol. The number of carboxylic acids is 1. The number of hydrogen-bond acceptors (Lipinski definition) is 2. The highest BCUT2D eigenvalue weighted by molar-refractivity contribution is 5.84. The summed E-state index contributed by atoms with van der Waals surface area (Å²) in [5.74, 6) is -1.01. The molecule has 0 saturated heterocycles. The van der Waals surface area contributed by atoms with Gasteiger partial charge in [0.1, 0.15) is 0 Å². The van der Waals surface area contributed by atoms with Gasteiger partial charge in [-0.2, -0.15) is 0 Å². The third-order valence-corrected chi connectivity index (χ3v) is 1.11. The van der Waals surface area contributed by atoms with Gasteiger partial charge < -0.3 is 9.67 Å². The highest BCUT2D eigenvalue weighted by Gasteiger charge is 2.04. The molecule has 4 nitrogen and oxygen atoms in total. The molecule has 1 radical (unpaired) electrons. The van der Waals surface area contributed by atoms with Crippen molar-refractivity contribution in [3.05, 3.63) is 25.1 Å². The number of carbonyl (C=O) groups is 1. The van der Waals surface area contributed by atoms with E-state index in [1.807, 2.05) is 0 Å². The summed E-state index contributed by atoms with van der Waals surface area (Å²) in [6, 6.07) is 0. The molecule has 0 unspecified atom stereocenters. The van der Waals surface area contributed by atoms with Gasteiger partial charge in [0.05, 0.1) is 6.33 Å². The van der Waals surface area contributed by atoms with E-state index in [0.29, 0.717) is 6.54 Å². The Bertz CT molecular complexity index is 242. The summed E-state index contributed by atoms with van der Waals surface area (Å²) in [6.07, 6.45) is 2.88. The minimum atomic E-state index is -1.01. The van der Waals surface area contributed by atoms with Gasteiger partial charge in [0.15, 0.2) is 5.69 Å². The van der Waals surface area contributed by atoms with Crippen LogP contribution in [0.15, 0.2) is 12.5 Å². The fourth-order valence-corrected chi connectivity index (χ4v) is 0.593. The average Bonchev–Trinajstić information content (AvgIpc) is 2.34. The largest absolute Gasteiger partial charge is 0.476 e. The molecule has 0 bridgehead atoms. The van der Waals surface area contributed by atoms with Crippen LogP contribution in [0.3, 0.4) is 0 Å². The number of aromatic nitrogens is 2. The first-order chi connectivity index (χ1) is 4.74. The zero-order valence-corrected chi connectivity index (χ0v) is 5.32. The predicted octanol–water partition coefficient (Wildman–Crippen LogP) is 0.415. The molecule has 4 heteroatoms.